The third kappa shape index (κ3) is 11.0. The molecule has 3 heterocycles. The van der Waals surface area contributed by atoms with Gasteiger partial charge in [0.25, 0.3) is 0 Å². The lowest BCUT2D eigenvalue weighted by Gasteiger charge is -2.35. The van der Waals surface area contributed by atoms with Crippen LogP contribution in [-0.4, -0.2) is 49.3 Å². The fourth-order valence-electron chi connectivity index (χ4n) is 4.14. The second-order valence-corrected chi connectivity index (χ2v) is 10.9. The average molecular weight is 384 g/mol. The van der Waals surface area contributed by atoms with Gasteiger partial charge in [-0.05, 0) is 61.3 Å². The molecule has 0 aromatic carbocycles. The SMILES string of the molecule is CC1(C)CCCN(N)C1.CC1(C)CCCN(N=O)C1.CC1(C)CCCNC1. The molecule has 0 spiro atoms. The molecule has 0 radical (unpaired) electrons. The summed E-state index contributed by atoms with van der Waals surface area (Å²) in [5, 5.41) is 9.84. The summed E-state index contributed by atoms with van der Waals surface area (Å²) in [6, 6.07) is 0. The van der Waals surface area contributed by atoms with Gasteiger partial charge in [-0.25, -0.2) is 5.01 Å². The number of hydrogen-bond acceptors (Lipinski definition) is 5. The maximum atomic E-state index is 10.1. The van der Waals surface area contributed by atoms with Gasteiger partial charge in [0.1, 0.15) is 0 Å². The lowest BCUT2D eigenvalue weighted by molar-refractivity contribution is 0.119. The zero-order valence-corrected chi connectivity index (χ0v) is 18.8. The van der Waals surface area contributed by atoms with E-state index in [0.29, 0.717) is 10.8 Å². The van der Waals surface area contributed by atoms with Crippen molar-refractivity contribution in [3.8, 4) is 0 Å². The van der Waals surface area contributed by atoms with Crippen LogP contribution < -0.4 is 11.2 Å². The Labute approximate surface area is 167 Å². The minimum Gasteiger partial charge on any atom is -0.316 e. The molecule has 0 bridgehead atoms. The minimum absolute atomic E-state index is 0.284. The van der Waals surface area contributed by atoms with E-state index in [1.807, 2.05) is 5.01 Å². The zero-order chi connectivity index (χ0) is 20.6. The molecule has 0 aromatic heterocycles. The highest BCUT2D eigenvalue weighted by Gasteiger charge is 2.26. The van der Waals surface area contributed by atoms with E-state index in [0.717, 1.165) is 32.6 Å². The second kappa shape index (κ2) is 10.7. The second-order valence-electron chi connectivity index (χ2n) is 10.9. The summed E-state index contributed by atoms with van der Waals surface area (Å²) in [5.74, 6) is 5.64. The van der Waals surface area contributed by atoms with Crippen LogP contribution in [0.15, 0.2) is 5.29 Å². The number of piperidine rings is 3. The number of hydrogen-bond donors (Lipinski definition) is 2. The van der Waals surface area contributed by atoms with Crippen molar-refractivity contribution < 1.29 is 0 Å². The first kappa shape index (κ1) is 24.3. The van der Waals surface area contributed by atoms with Crippen LogP contribution in [0.4, 0.5) is 0 Å². The fourth-order valence-corrected chi connectivity index (χ4v) is 4.14. The summed E-state index contributed by atoms with van der Waals surface area (Å²) < 4.78 is 0. The first-order valence-corrected chi connectivity index (χ1v) is 10.7. The molecule has 6 nitrogen and oxygen atoms in total. The van der Waals surface area contributed by atoms with Crippen LogP contribution in [-0.2, 0) is 0 Å². The molecular formula is C21H45N5O. The van der Waals surface area contributed by atoms with Crippen LogP contribution in [0.2, 0.25) is 0 Å². The first-order valence-electron chi connectivity index (χ1n) is 10.7. The van der Waals surface area contributed by atoms with Crippen molar-refractivity contribution in [2.75, 3.05) is 39.3 Å². The Morgan fingerprint density at radius 1 is 0.815 bits per heavy atom. The summed E-state index contributed by atoms with van der Waals surface area (Å²) in [5.41, 5.74) is 1.30. The number of nitrogens with zero attached hydrogens (tertiary/aromatic N) is 3. The highest BCUT2D eigenvalue weighted by Crippen LogP contribution is 2.28. The third-order valence-electron chi connectivity index (χ3n) is 5.74. The fraction of sp³-hybridized carbons (Fsp3) is 1.00. The average Bonchev–Trinajstić information content (AvgIpc) is 2.53. The highest BCUT2D eigenvalue weighted by molar-refractivity contribution is 4.78. The third-order valence-corrected chi connectivity index (χ3v) is 5.74. The van der Waals surface area contributed by atoms with Gasteiger partial charge >= 0.3 is 0 Å². The molecule has 6 heteroatoms. The minimum atomic E-state index is 0.284. The Morgan fingerprint density at radius 2 is 1.37 bits per heavy atom. The normalized spacial score (nSPS) is 26.7. The van der Waals surface area contributed by atoms with Crippen LogP contribution in [0.25, 0.3) is 0 Å². The topological polar surface area (TPSA) is 74.0 Å². The number of hydrazine groups is 1. The molecule has 27 heavy (non-hydrogen) atoms. The quantitative estimate of drug-likeness (QED) is 0.525. The lowest BCUT2D eigenvalue weighted by Crippen LogP contribution is -2.44. The van der Waals surface area contributed by atoms with Gasteiger partial charge in [-0.1, -0.05) is 41.5 Å². The van der Waals surface area contributed by atoms with Gasteiger partial charge in [0, 0.05) is 32.7 Å². The Hall–Kier alpha value is -0.720. The molecule has 0 atom stereocenters. The van der Waals surface area contributed by atoms with Crippen molar-refractivity contribution in [3.63, 3.8) is 0 Å². The van der Waals surface area contributed by atoms with E-state index >= 15 is 0 Å². The molecule has 0 aromatic rings. The van der Waals surface area contributed by atoms with Crippen LogP contribution in [0.1, 0.15) is 80.1 Å². The van der Waals surface area contributed by atoms with Crippen molar-refractivity contribution in [1.82, 2.24) is 15.3 Å². The Balaban J connectivity index is 0.000000204. The highest BCUT2D eigenvalue weighted by atomic mass is 16.3. The predicted molar refractivity (Wildman–Crippen MR) is 115 cm³/mol. The summed E-state index contributed by atoms with van der Waals surface area (Å²) in [7, 11) is 0. The van der Waals surface area contributed by atoms with Crippen LogP contribution in [0.3, 0.4) is 0 Å². The maximum Gasteiger partial charge on any atom is 0.0524 e. The van der Waals surface area contributed by atoms with E-state index < -0.39 is 0 Å². The van der Waals surface area contributed by atoms with Crippen molar-refractivity contribution in [3.05, 3.63) is 4.91 Å². The predicted octanol–water partition coefficient (Wildman–Crippen LogP) is 4.17. The number of nitrogens with one attached hydrogen (secondary N) is 1. The molecule has 0 aliphatic carbocycles. The van der Waals surface area contributed by atoms with E-state index in [1.54, 1.807) is 5.01 Å². The molecule has 3 fully saturated rings. The monoisotopic (exact) mass is 383 g/mol. The van der Waals surface area contributed by atoms with Gasteiger partial charge in [0.2, 0.25) is 0 Å². The van der Waals surface area contributed by atoms with Gasteiger partial charge in [-0.2, -0.15) is 0 Å². The number of rotatable bonds is 1. The van der Waals surface area contributed by atoms with Gasteiger partial charge in [-0.3, -0.25) is 10.9 Å². The van der Waals surface area contributed by atoms with E-state index in [2.05, 4.69) is 52.1 Å². The van der Waals surface area contributed by atoms with E-state index in [4.69, 9.17) is 5.84 Å². The van der Waals surface area contributed by atoms with E-state index in [1.165, 1.54) is 45.2 Å². The van der Waals surface area contributed by atoms with Gasteiger partial charge < -0.3 is 5.32 Å². The summed E-state index contributed by atoms with van der Waals surface area (Å²) in [6.45, 7) is 19.7. The van der Waals surface area contributed by atoms with Crippen molar-refractivity contribution in [1.29, 1.82) is 0 Å². The number of nitrogens with two attached hydrogens (primary N) is 1. The first-order chi connectivity index (χ1) is 12.4. The molecule has 0 saturated carbocycles. The maximum absolute atomic E-state index is 10.1. The van der Waals surface area contributed by atoms with E-state index in [9.17, 15) is 4.91 Å². The largest absolute Gasteiger partial charge is 0.316 e. The molecule has 3 saturated heterocycles. The van der Waals surface area contributed by atoms with Crippen molar-refractivity contribution in [2.24, 2.45) is 27.4 Å². The lowest BCUT2D eigenvalue weighted by atomic mass is 9.85. The molecule has 0 amide bonds. The molecule has 3 rings (SSSR count). The molecular weight excluding hydrogens is 338 g/mol. The molecule has 160 valence electrons. The standard InChI is InChI=1S/C7H14N2O.C7H16N2.C7H15N/c1-7(2)4-3-5-9(6-7)8-10;1-7(2)4-3-5-9(8)6-7;1-7(2)4-3-5-8-6-7/h3-6H2,1-2H3;3-6,8H2,1-2H3;8H,3-6H2,1-2H3. The Morgan fingerprint density at radius 3 is 1.67 bits per heavy atom. The van der Waals surface area contributed by atoms with Crippen molar-refractivity contribution >= 4 is 0 Å². The Bertz CT molecular complexity index is 428. The van der Waals surface area contributed by atoms with Gasteiger partial charge in [0.15, 0.2) is 0 Å². The van der Waals surface area contributed by atoms with Crippen LogP contribution in [0.5, 0.6) is 0 Å². The van der Waals surface area contributed by atoms with Crippen molar-refractivity contribution in [2.45, 2.75) is 80.1 Å². The smallest absolute Gasteiger partial charge is 0.0524 e. The van der Waals surface area contributed by atoms with Gasteiger partial charge in [-0.15, -0.1) is 4.91 Å². The zero-order valence-electron chi connectivity index (χ0n) is 18.8. The molecule has 0 unspecified atom stereocenters. The molecule has 3 aliphatic heterocycles. The molecule has 3 aliphatic rings. The summed E-state index contributed by atoms with van der Waals surface area (Å²) in [4.78, 5) is 10.1. The van der Waals surface area contributed by atoms with E-state index in [-0.39, 0.29) is 5.41 Å². The molecule has 3 N–H and O–H groups in total. The van der Waals surface area contributed by atoms with Crippen LogP contribution >= 0.6 is 0 Å². The van der Waals surface area contributed by atoms with Gasteiger partial charge in [0.05, 0.1) is 5.29 Å². The number of nitroso groups, excluding NO2 is 1. The summed E-state index contributed by atoms with van der Waals surface area (Å²) in [6.07, 6.45) is 7.62. The Kier molecular flexibility index (Phi) is 9.66. The van der Waals surface area contributed by atoms with Crippen LogP contribution in [0, 0.1) is 21.2 Å². The summed E-state index contributed by atoms with van der Waals surface area (Å²) >= 11 is 0.